The Morgan fingerprint density at radius 3 is 1.20 bits per heavy atom. The van der Waals surface area contributed by atoms with Crippen LogP contribution in [0.3, 0.4) is 0 Å². The lowest BCUT2D eigenvalue weighted by atomic mass is 9.76. The summed E-state index contributed by atoms with van der Waals surface area (Å²) in [4.78, 5) is 68.9. The van der Waals surface area contributed by atoms with E-state index in [1.165, 1.54) is 125 Å². The minimum atomic E-state index is 0. The highest BCUT2D eigenvalue weighted by molar-refractivity contribution is 7.92. The summed E-state index contributed by atoms with van der Waals surface area (Å²) in [7, 11) is 6.10. The molecule has 10 heterocycles. The van der Waals surface area contributed by atoms with E-state index in [0.29, 0.717) is 46.6 Å². The molecule has 120 heavy (non-hydrogen) atoms. The standard InChI is InChI=1S/2C24H29ClN4O2S.2C20H21ClN2O3S.2CH4/c1-30-31-32-29-11-6-17(7-12-29)23-20-5-4-19(25)15-18(20)16-22(28-13-9-26-10-14-28)21-3-2-8-27-24(21)23;1-30-31-32-29-11-6-17(7-12-29)23-20-5-4-19(25)16-21(20)22(28-13-9-26-10-14-28)15-18-3-2-8-27-24(18)23;1-25-26-27-23-9-6-13(7-10-23)19-16-5-4-15(21)11-14(16)12-18(24)17-3-2-8-22-20(17)19;1-25-26-27-23-9-6-13(7-10-23)19-16-5-4-15(21)12-17(16)18(24)11-14-3-2-8-22-20(14)19;;/h2*2-5,8,15-17,23,26H,6-7,9-14H2,1H3;2-5,8,11,13,19H,6-7,9-10,12H2,1H3;2-5,8,12-13,19H,6-7,9-11H2,1H3;2*1H4. The number of Topliss-reactive ketones (excluding diaryl/α,β-unsaturated/α-hetero) is 2. The molecule has 2 N–H and O–H groups in total. The van der Waals surface area contributed by atoms with Crippen molar-refractivity contribution in [2.45, 2.75) is 103 Å². The molecule has 4 aliphatic carbocycles. The Hall–Kier alpha value is -6.10. The van der Waals surface area contributed by atoms with Crippen molar-refractivity contribution in [2.75, 3.05) is 133 Å². The number of nitrogens with zero attached hydrogens (tertiary/aromatic N) is 10. The van der Waals surface area contributed by atoms with Crippen LogP contribution >= 0.6 is 95.3 Å². The first kappa shape index (κ1) is 91.6. The number of piperazine rings is 2. The molecule has 6 saturated heterocycles. The Balaban J connectivity index is 0.000000138. The molecule has 4 aromatic carbocycles. The number of piperidine rings is 4. The van der Waals surface area contributed by atoms with Gasteiger partial charge in [0, 0.05) is 220 Å². The van der Waals surface area contributed by atoms with E-state index < -0.39 is 0 Å². The van der Waals surface area contributed by atoms with E-state index in [9.17, 15) is 9.59 Å². The zero-order chi connectivity index (χ0) is 81.4. The summed E-state index contributed by atoms with van der Waals surface area (Å²) < 4.78 is 28.9. The molecule has 30 heteroatoms. The molecule has 0 spiro atoms. The smallest absolute Gasteiger partial charge is 0.169 e. The van der Waals surface area contributed by atoms with Gasteiger partial charge in [-0.25, -0.2) is 36.8 Å². The highest BCUT2D eigenvalue weighted by Gasteiger charge is 2.42. The number of rotatable bonds is 18. The first-order valence-corrected chi connectivity index (χ1v) is 45.0. The van der Waals surface area contributed by atoms with Crippen LogP contribution in [0, 0.1) is 23.7 Å². The average Bonchev–Trinajstić information content (AvgIpc) is 1.61. The van der Waals surface area contributed by atoms with Crippen LogP contribution in [0.5, 0.6) is 0 Å². The van der Waals surface area contributed by atoms with E-state index in [0.717, 1.165) is 205 Å². The van der Waals surface area contributed by atoms with Crippen LogP contribution in [-0.4, -0.2) is 192 Å². The first-order valence-electron chi connectivity index (χ1n) is 40.7. The minimum Gasteiger partial charge on any atom is -0.368 e. The van der Waals surface area contributed by atoms with Crippen molar-refractivity contribution in [1.82, 2.24) is 57.6 Å². The minimum absolute atomic E-state index is 0. The zero-order valence-corrected chi connectivity index (χ0v) is 73.0. The lowest BCUT2D eigenvalue weighted by molar-refractivity contribution is -0.164. The number of carbonyl (C=O) groups excluding carboxylic acids is 2. The molecule has 0 radical (unpaired) electrons. The second kappa shape index (κ2) is 44.7. The lowest BCUT2D eigenvalue weighted by Crippen LogP contribution is -2.42. The molecule has 6 fully saturated rings. The molecule has 10 aliphatic rings. The van der Waals surface area contributed by atoms with E-state index in [4.69, 9.17) is 88.5 Å². The van der Waals surface area contributed by atoms with Gasteiger partial charge >= 0.3 is 0 Å². The quantitative estimate of drug-likeness (QED) is 0.0355. The second-order valence-electron chi connectivity index (χ2n) is 30.9. The number of nitrogens with one attached hydrogen (secondary N) is 2. The summed E-state index contributed by atoms with van der Waals surface area (Å²) in [6.07, 6.45) is 21.2. The van der Waals surface area contributed by atoms with Gasteiger partial charge in [0.05, 0.1) is 51.2 Å². The van der Waals surface area contributed by atoms with Gasteiger partial charge in [-0.2, -0.15) is 0 Å². The number of benzene rings is 4. The summed E-state index contributed by atoms with van der Waals surface area (Å²) in [5.41, 5.74) is 20.2. The predicted octanol–water partition coefficient (Wildman–Crippen LogP) is 19.1. The maximum Gasteiger partial charge on any atom is 0.169 e. The van der Waals surface area contributed by atoms with E-state index in [2.05, 4.69) is 113 Å². The number of hydrogen-bond acceptors (Lipinski definition) is 26. The van der Waals surface area contributed by atoms with Crippen LogP contribution in [0.2, 0.25) is 20.1 Å². The number of hydrogen-bond donors (Lipinski definition) is 2. The van der Waals surface area contributed by atoms with Gasteiger partial charge in [-0.3, -0.25) is 29.5 Å². The summed E-state index contributed by atoms with van der Waals surface area (Å²) in [5, 5.41) is 9.77. The zero-order valence-electron chi connectivity index (χ0n) is 66.7. The van der Waals surface area contributed by atoms with Crippen LogP contribution in [0.1, 0.15) is 189 Å². The second-order valence-corrected chi connectivity index (χ2v) is 35.9. The lowest BCUT2D eigenvalue weighted by Gasteiger charge is -2.36. The summed E-state index contributed by atoms with van der Waals surface area (Å²) in [5.74, 6) is 2.74. The molecule has 4 atom stereocenters. The molecule has 4 unspecified atom stereocenters. The maximum atomic E-state index is 12.9. The highest BCUT2D eigenvalue weighted by Crippen LogP contribution is 2.51. The van der Waals surface area contributed by atoms with Crippen molar-refractivity contribution in [3.05, 3.63) is 256 Å². The summed E-state index contributed by atoms with van der Waals surface area (Å²) in [6.45, 7) is 15.4. The Labute approximate surface area is 744 Å². The normalized spacial score (nSPS) is 21.2. The fraction of sp³-hybridized carbons (Fsp3) is 0.444. The Bertz CT molecular complexity index is 4760. The maximum absolute atomic E-state index is 12.9. The van der Waals surface area contributed by atoms with Gasteiger partial charge in [0.15, 0.2) is 11.6 Å². The summed E-state index contributed by atoms with van der Waals surface area (Å²) >= 11 is 30.5. The Morgan fingerprint density at radius 2 is 0.700 bits per heavy atom. The van der Waals surface area contributed by atoms with Crippen molar-refractivity contribution in [3.63, 3.8) is 0 Å². The van der Waals surface area contributed by atoms with Crippen molar-refractivity contribution < 1.29 is 46.5 Å². The molecular formula is C90H108Cl4N12O10S4. The van der Waals surface area contributed by atoms with Gasteiger partial charge in [-0.1, -0.05) is 97.7 Å². The van der Waals surface area contributed by atoms with Crippen molar-refractivity contribution >= 4 is 130 Å². The molecule has 8 aromatic rings. The third-order valence-electron chi connectivity index (χ3n) is 24.2. The number of fused-ring (bicyclic) bond motifs is 8. The Kier molecular flexibility index (Phi) is 34.1. The van der Waals surface area contributed by atoms with E-state index in [-0.39, 0.29) is 50.1 Å². The third kappa shape index (κ3) is 22.0. The van der Waals surface area contributed by atoms with Crippen LogP contribution in [-0.2, 0) is 49.7 Å². The largest absolute Gasteiger partial charge is 0.368 e. The molecule has 6 aliphatic heterocycles. The monoisotopic (exact) mass is 1780 g/mol. The molecule has 0 saturated carbocycles. The number of aromatic nitrogens is 4. The molecule has 640 valence electrons. The van der Waals surface area contributed by atoms with E-state index >= 15 is 0 Å². The number of pyridine rings is 4. The molecule has 0 bridgehead atoms. The van der Waals surface area contributed by atoms with E-state index in [1.807, 2.05) is 91.4 Å². The Morgan fingerprint density at radius 1 is 0.350 bits per heavy atom. The average molecular weight is 1790 g/mol. The molecule has 0 amide bonds. The van der Waals surface area contributed by atoms with Gasteiger partial charge in [-0.05, 0) is 217 Å². The van der Waals surface area contributed by atoms with Crippen LogP contribution in [0.15, 0.2) is 146 Å². The number of ketones is 2. The van der Waals surface area contributed by atoms with Gasteiger partial charge in [-0.15, -0.1) is 17.3 Å². The fourth-order valence-electron chi connectivity index (χ4n) is 18.8. The van der Waals surface area contributed by atoms with Crippen molar-refractivity contribution in [2.24, 2.45) is 23.7 Å². The molecule has 4 aromatic heterocycles. The van der Waals surface area contributed by atoms with Gasteiger partial charge < -0.3 is 20.4 Å². The topological polar surface area (TPSA) is 203 Å². The third-order valence-corrected chi connectivity index (χ3v) is 28.3. The van der Waals surface area contributed by atoms with E-state index in [1.54, 1.807) is 20.4 Å². The molecule has 18 rings (SSSR count). The van der Waals surface area contributed by atoms with Gasteiger partial charge in [0.25, 0.3) is 0 Å². The number of halogens is 4. The fourth-order valence-corrected chi connectivity index (χ4v) is 21.5. The summed E-state index contributed by atoms with van der Waals surface area (Å²) in [6, 6.07) is 40.7. The van der Waals surface area contributed by atoms with Crippen LogP contribution < -0.4 is 10.6 Å². The van der Waals surface area contributed by atoms with Gasteiger partial charge in [0.1, 0.15) is 48.9 Å². The van der Waals surface area contributed by atoms with Crippen molar-refractivity contribution in [3.8, 4) is 0 Å². The van der Waals surface area contributed by atoms with Crippen molar-refractivity contribution in [1.29, 1.82) is 0 Å². The molecular weight excluding hydrogens is 1680 g/mol. The predicted molar refractivity (Wildman–Crippen MR) is 484 cm³/mol. The molecule has 22 nitrogen and oxygen atoms in total. The van der Waals surface area contributed by atoms with Crippen LogP contribution in [0.4, 0.5) is 0 Å². The number of carbonyl (C=O) groups is 2. The SMILES string of the molecule is C.C.COOSN1CCC(C2c3ccc(Cl)cc3C(=O)Cc3cccnc32)CC1.COOSN1CCC(C2c3ccc(Cl)cc3C(N3CCNCC3)=Cc3cccnc32)CC1.COOSN1CCC(C2c3ccc(Cl)cc3C=C(N3CCNCC3)c3cccnc32)CC1.COOSN1CCC(C2c3ccc(Cl)cc3CC(=O)c3cccnc32)CC1. The first-order chi connectivity index (χ1) is 57.8. The van der Waals surface area contributed by atoms with Crippen LogP contribution in [0.25, 0.3) is 23.5 Å². The van der Waals surface area contributed by atoms with Gasteiger partial charge in [0.2, 0.25) is 0 Å². The highest BCUT2D eigenvalue weighted by atomic mass is 35.5.